The van der Waals surface area contributed by atoms with E-state index in [1.165, 1.54) is 0 Å². The molecular weight excluding hydrogens is 760 g/mol. The molecule has 0 aromatic heterocycles. The fourth-order valence-electron chi connectivity index (χ4n) is 6.18. The van der Waals surface area contributed by atoms with Crippen molar-refractivity contribution in [1.29, 1.82) is 0 Å². The average molecular weight is 829 g/mol. The van der Waals surface area contributed by atoms with Crippen molar-refractivity contribution in [1.82, 2.24) is 0 Å². The molecule has 4 rings (SSSR count). The first kappa shape index (κ1) is 48.8. The molecular formula is C46H68O13. The van der Waals surface area contributed by atoms with Crippen LogP contribution in [0.5, 0.6) is 0 Å². The van der Waals surface area contributed by atoms with Crippen LogP contribution in [0.2, 0.25) is 0 Å². The first-order chi connectivity index (χ1) is 29.4. The Morgan fingerprint density at radius 3 is 0.932 bits per heavy atom. The molecule has 1 heterocycles. The number of rotatable bonds is 38. The predicted molar refractivity (Wildman–Crippen MR) is 223 cm³/mol. The lowest BCUT2D eigenvalue weighted by atomic mass is 9.80. The third-order valence-electron chi connectivity index (χ3n) is 9.10. The van der Waals surface area contributed by atoms with Gasteiger partial charge < -0.3 is 61.6 Å². The van der Waals surface area contributed by atoms with E-state index in [1.807, 2.05) is 54.6 Å². The summed E-state index contributed by atoms with van der Waals surface area (Å²) in [6.45, 7) is 11.8. The summed E-state index contributed by atoms with van der Waals surface area (Å²) < 4.78 is 73.7. The van der Waals surface area contributed by atoms with Gasteiger partial charge in [0.25, 0.3) is 0 Å². The van der Waals surface area contributed by atoms with Gasteiger partial charge in [-0.05, 0) is 36.0 Å². The van der Waals surface area contributed by atoms with Crippen molar-refractivity contribution in [3.63, 3.8) is 0 Å². The standard InChI is InChI=1S/C46H68O13/c1-4-12-42(13-5-1)46(43-14-6-2-7-15-43,44-16-8-3-9-17-44)59-41-39-56-37-35-54-33-31-52-29-27-50-25-23-48-21-20-47-22-24-49-26-28-51-30-32-53-34-36-55-38-40-58-45-18-10-11-19-57-45/h1-9,12-17,45H,10-11,18-41H2. The molecule has 1 unspecified atom stereocenters. The van der Waals surface area contributed by atoms with E-state index in [4.69, 9.17) is 61.6 Å². The molecule has 3 aromatic rings. The Balaban J connectivity index is 0.843. The molecule has 1 saturated heterocycles. The zero-order valence-corrected chi connectivity index (χ0v) is 34.9. The monoisotopic (exact) mass is 828 g/mol. The summed E-state index contributed by atoms with van der Waals surface area (Å²) in [4.78, 5) is 0. The molecule has 0 radical (unpaired) electrons. The van der Waals surface area contributed by atoms with Gasteiger partial charge in [0.05, 0.1) is 145 Å². The van der Waals surface area contributed by atoms with Gasteiger partial charge in [0.2, 0.25) is 0 Å². The van der Waals surface area contributed by atoms with E-state index in [1.54, 1.807) is 0 Å². The van der Waals surface area contributed by atoms with Gasteiger partial charge in [-0.15, -0.1) is 0 Å². The second-order valence-electron chi connectivity index (χ2n) is 13.4. The molecule has 1 aliphatic heterocycles. The Labute approximate surface area is 351 Å². The van der Waals surface area contributed by atoms with Crippen molar-refractivity contribution in [3.8, 4) is 0 Å². The summed E-state index contributed by atoms with van der Waals surface area (Å²) >= 11 is 0. The average Bonchev–Trinajstić information content (AvgIpc) is 3.29. The fraction of sp³-hybridized carbons (Fsp3) is 0.609. The summed E-state index contributed by atoms with van der Waals surface area (Å²) in [6, 6.07) is 31.0. The quantitative estimate of drug-likeness (QED) is 0.0520. The van der Waals surface area contributed by atoms with Crippen molar-refractivity contribution in [3.05, 3.63) is 108 Å². The van der Waals surface area contributed by atoms with Crippen LogP contribution in [0.1, 0.15) is 36.0 Å². The SMILES string of the molecule is c1ccc(C(OCCOCCOCCOCCOCCOCCOCCOCCOCCOCCOCCOC2CCCCO2)(c2ccccc2)c2ccccc2)cc1. The minimum Gasteiger partial charge on any atom is -0.377 e. The molecule has 0 bridgehead atoms. The zero-order chi connectivity index (χ0) is 41.0. The highest BCUT2D eigenvalue weighted by molar-refractivity contribution is 5.47. The Kier molecular flexibility index (Phi) is 28.0. The third-order valence-corrected chi connectivity index (χ3v) is 9.10. The zero-order valence-electron chi connectivity index (χ0n) is 34.9. The molecule has 3 aromatic carbocycles. The van der Waals surface area contributed by atoms with E-state index in [2.05, 4.69) is 36.4 Å². The normalized spacial score (nSPS) is 14.5. The highest BCUT2D eigenvalue weighted by Crippen LogP contribution is 2.40. The Hall–Kier alpha value is -2.86. The summed E-state index contributed by atoms with van der Waals surface area (Å²) in [6.07, 6.45) is 3.18. The smallest absolute Gasteiger partial charge is 0.157 e. The first-order valence-electron chi connectivity index (χ1n) is 21.2. The first-order valence-corrected chi connectivity index (χ1v) is 21.2. The summed E-state index contributed by atoms with van der Waals surface area (Å²) in [5.74, 6) is 0. The summed E-state index contributed by atoms with van der Waals surface area (Å²) in [7, 11) is 0. The lowest BCUT2D eigenvalue weighted by Crippen LogP contribution is -2.34. The minimum absolute atomic E-state index is 0.0702. The van der Waals surface area contributed by atoms with Crippen LogP contribution in [-0.2, 0) is 67.2 Å². The van der Waals surface area contributed by atoms with E-state index < -0.39 is 5.60 Å². The topological polar surface area (TPSA) is 120 Å². The number of benzene rings is 3. The molecule has 330 valence electrons. The van der Waals surface area contributed by atoms with Gasteiger partial charge in [0, 0.05) is 6.61 Å². The Bertz CT molecular complexity index is 1250. The van der Waals surface area contributed by atoms with Crippen molar-refractivity contribution in [2.24, 2.45) is 0 Å². The van der Waals surface area contributed by atoms with Gasteiger partial charge >= 0.3 is 0 Å². The van der Waals surface area contributed by atoms with Gasteiger partial charge in [-0.2, -0.15) is 0 Å². The van der Waals surface area contributed by atoms with E-state index in [9.17, 15) is 0 Å². The number of hydrogen-bond donors (Lipinski definition) is 0. The van der Waals surface area contributed by atoms with Crippen molar-refractivity contribution in [2.45, 2.75) is 31.2 Å². The van der Waals surface area contributed by atoms with Crippen LogP contribution in [0.4, 0.5) is 0 Å². The molecule has 0 N–H and O–H groups in total. The van der Waals surface area contributed by atoms with Crippen molar-refractivity contribution >= 4 is 0 Å². The molecule has 0 amide bonds. The summed E-state index contributed by atoms with van der Waals surface area (Å²) in [5, 5.41) is 0. The van der Waals surface area contributed by atoms with Crippen molar-refractivity contribution in [2.75, 3.05) is 152 Å². The summed E-state index contributed by atoms with van der Waals surface area (Å²) in [5.41, 5.74) is 2.45. The maximum absolute atomic E-state index is 6.74. The highest BCUT2D eigenvalue weighted by atomic mass is 16.7. The maximum atomic E-state index is 6.74. The van der Waals surface area contributed by atoms with Crippen LogP contribution in [-0.4, -0.2) is 158 Å². The molecule has 13 heteroatoms. The molecule has 1 atom stereocenters. The van der Waals surface area contributed by atoms with Crippen LogP contribution in [0.3, 0.4) is 0 Å². The molecule has 13 nitrogen and oxygen atoms in total. The van der Waals surface area contributed by atoms with Crippen LogP contribution < -0.4 is 0 Å². The maximum Gasteiger partial charge on any atom is 0.157 e. The van der Waals surface area contributed by atoms with E-state index >= 15 is 0 Å². The van der Waals surface area contributed by atoms with Gasteiger partial charge in [-0.1, -0.05) is 91.0 Å². The third kappa shape index (κ3) is 21.5. The molecule has 0 saturated carbocycles. The van der Waals surface area contributed by atoms with Gasteiger partial charge in [0.15, 0.2) is 6.29 Å². The number of hydrogen-bond acceptors (Lipinski definition) is 13. The second-order valence-corrected chi connectivity index (χ2v) is 13.4. The molecule has 0 aliphatic carbocycles. The van der Waals surface area contributed by atoms with Crippen molar-refractivity contribution < 1.29 is 61.6 Å². The highest BCUT2D eigenvalue weighted by Gasteiger charge is 2.37. The largest absolute Gasteiger partial charge is 0.377 e. The van der Waals surface area contributed by atoms with Crippen LogP contribution in [0.15, 0.2) is 91.0 Å². The lowest BCUT2D eigenvalue weighted by molar-refractivity contribution is -0.169. The molecule has 1 aliphatic rings. The molecule has 1 fully saturated rings. The predicted octanol–water partition coefficient (Wildman–Crippen LogP) is 5.70. The van der Waals surface area contributed by atoms with E-state index in [0.29, 0.717) is 145 Å². The van der Waals surface area contributed by atoms with E-state index in [0.717, 1.165) is 42.6 Å². The molecule has 0 spiro atoms. The lowest BCUT2D eigenvalue weighted by Gasteiger charge is -2.36. The Morgan fingerprint density at radius 1 is 0.356 bits per heavy atom. The van der Waals surface area contributed by atoms with Gasteiger partial charge in [0.1, 0.15) is 5.60 Å². The van der Waals surface area contributed by atoms with Gasteiger partial charge in [-0.3, -0.25) is 0 Å². The van der Waals surface area contributed by atoms with Crippen LogP contribution in [0, 0.1) is 0 Å². The van der Waals surface area contributed by atoms with Crippen LogP contribution >= 0.6 is 0 Å². The second kappa shape index (κ2) is 33.8. The van der Waals surface area contributed by atoms with Crippen LogP contribution in [0.25, 0.3) is 0 Å². The van der Waals surface area contributed by atoms with E-state index in [-0.39, 0.29) is 6.29 Å². The molecule has 59 heavy (non-hydrogen) atoms. The fourth-order valence-corrected chi connectivity index (χ4v) is 6.18. The van der Waals surface area contributed by atoms with Gasteiger partial charge in [-0.25, -0.2) is 0 Å². The number of ether oxygens (including phenoxy) is 13. The Morgan fingerprint density at radius 2 is 0.644 bits per heavy atom. The minimum atomic E-state index is -0.753.